The number of benzene rings is 1. The Bertz CT molecular complexity index is 963. The van der Waals surface area contributed by atoms with E-state index in [0.717, 1.165) is 25.9 Å². The summed E-state index contributed by atoms with van der Waals surface area (Å²) in [5, 5.41) is 19.2. The molecule has 3 heterocycles. The van der Waals surface area contributed by atoms with Crippen molar-refractivity contribution in [1.82, 2.24) is 14.5 Å². The summed E-state index contributed by atoms with van der Waals surface area (Å²) in [5.74, 6) is -1.06. The third kappa shape index (κ3) is 5.56. The lowest BCUT2D eigenvalue weighted by Gasteiger charge is -2.34. The van der Waals surface area contributed by atoms with Crippen molar-refractivity contribution < 1.29 is 37.8 Å². The average Bonchev–Trinajstić information content (AvgIpc) is 3.41. The zero-order chi connectivity index (χ0) is 23.6. The van der Waals surface area contributed by atoms with Crippen molar-refractivity contribution in [3.05, 3.63) is 35.9 Å². The van der Waals surface area contributed by atoms with Gasteiger partial charge in [-0.1, -0.05) is 6.07 Å². The van der Waals surface area contributed by atoms with E-state index in [1.54, 1.807) is 6.07 Å². The Hall–Kier alpha value is -3.28. The molecule has 0 saturated carbocycles. The molecule has 0 unspecified atom stereocenters. The molecule has 0 spiro atoms. The maximum atomic E-state index is 13.0. The summed E-state index contributed by atoms with van der Waals surface area (Å²) < 4.78 is 44.0. The first-order valence-corrected chi connectivity index (χ1v) is 10.6. The van der Waals surface area contributed by atoms with E-state index in [1.807, 2.05) is 15.9 Å². The number of carbonyl (C=O) groups excluding carboxylic acids is 1. The molecule has 0 aliphatic carbocycles. The summed E-state index contributed by atoms with van der Waals surface area (Å²) in [7, 11) is 0. The molecule has 9 nitrogen and oxygen atoms in total. The fourth-order valence-corrected chi connectivity index (χ4v) is 4.03. The van der Waals surface area contributed by atoms with Gasteiger partial charge in [0, 0.05) is 75.3 Å². The van der Waals surface area contributed by atoms with Crippen molar-refractivity contribution in [3.63, 3.8) is 0 Å². The molecule has 0 atom stereocenters. The van der Waals surface area contributed by atoms with Crippen LogP contribution in [0.5, 0.6) is 17.5 Å². The molecule has 33 heavy (non-hydrogen) atoms. The van der Waals surface area contributed by atoms with Crippen LogP contribution in [-0.4, -0.2) is 76.5 Å². The first-order valence-electron chi connectivity index (χ1n) is 10.6. The number of amides is 1. The summed E-state index contributed by atoms with van der Waals surface area (Å²) in [6, 6.07) is 7.27. The minimum Gasteiger partial charge on any atom is -0.492 e. The second-order valence-electron chi connectivity index (χ2n) is 8.00. The van der Waals surface area contributed by atoms with Gasteiger partial charge in [0.2, 0.25) is 11.8 Å². The molecule has 2 aliphatic rings. The molecule has 1 amide bonds. The molecule has 2 aromatic rings. The lowest BCUT2D eigenvalue weighted by Crippen LogP contribution is -2.50. The van der Waals surface area contributed by atoms with Gasteiger partial charge in [0.15, 0.2) is 0 Å². The highest BCUT2D eigenvalue weighted by molar-refractivity contribution is 5.68. The SMILES string of the molecule is O=C(On1c(O)ccc1O)N1CCN(Cc2ccc(N3CCCC3)cc2OC(F)(F)F)CC1. The molecule has 4 rings (SSSR count). The topological polar surface area (TPSA) is 90.6 Å². The molecule has 12 heteroatoms. The molecule has 1 aromatic carbocycles. The van der Waals surface area contributed by atoms with E-state index in [1.165, 1.54) is 23.1 Å². The molecule has 2 saturated heterocycles. The smallest absolute Gasteiger partial charge is 0.492 e. The second-order valence-corrected chi connectivity index (χ2v) is 8.00. The second kappa shape index (κ2) is 9.30. The van der Waals surface area contributed by atoms with E-state index in [-0.39, 0.29) is 25.4 Å². The highest BCUT2D eigenvalue weighted by Gasteiger charge is 2.33. The summed E-state index contributed by atoms with van der Waals surface area (Å²) >= 11 is 0. The maximum Gasteiger partial charge on any atom is 0.573 e. The number of carbonyl (C=O) groups is 1. The number of ether oxygens (including phenoxy) is 1. The normalized spacial score (nSPS) is 17.4. The Labute approximate surface area is 188 Å². The Morgan fingerprint density at radius 1 is 0.939 bits per heavy atom. The van der Waals surface area contributed by atoms with Crippen molar-refractivity contribution in [1.29, 1.82) is 0 Å². The van der Waals surface area contributed by atoms with Crippen LogP contribution in [0.4, 0.5) is 23.7 Å². The minimum absolute atomic E-state index is 0.215. The molecule has 2 aliphatic heterocycles. The van der Waals surface area contributed by atoms with Crippen LogP contribution in [-0.2, 0) is 6.54 Å². The number of alkyl halides is 3. The van der Waals surface area contributed by atoms with E-state index in [2.05, 4.69) is 4.74 Å². The number of rotatable bonds is 5. The van der Waals surface area contributed by atoms with Crippen molar-refractivity contribution in [3.8, 4) is 17.5 Å². The summed E-state index contributed by atoms with van der Waals surface area (Å²) in [4.78, 5) is 22.6. The monoisotopic (exact) mass is 470 g/mol. The quantitative estimate of drug-likeness (QED) is 0.695. The van der Waals surface area contributed by atoms with Gasteiger partial charge >= 0.3 is 12.5 Å². The fraction of sp³-hybridized carbons (Fsp3) is 0.476. The van der Waals surface area contributed by atoms with E-state index >= 15 is 0 Å². The van der Waals surface area contributed by atoms with Crippen LogP contribution in [0, 0.1) is 0 Å². The van der Waals surface area contributed by atoms with Gasteiger partial charge in [-0.05, 0) is 18.9 Å². The Morgan fingerprint density at radius 3 is 2.18 bits per heavy atom. The van der Waals surface area contributed by atoms with Crippen LogP contribution in [0.25, 0.3) is 0 Å². The zero-order valence-corrected chi connectivity index (χ0v) is 17.8. The summed E-state index contributed by atoms with van der Waals surface area (Å²) in [5.41, 5.74) is 1.12. The molecule has 2 fully saturated rings. The standard InChI is InChI=1S/C21H25F3N4O5/c22-21(23,24)32-17-13-16(26-7-1-2-8-26)4-3-15(17)14-25-9-11-27(12-10-25)20(31)33-28-18(29)5-6-19(28)30/h3-6,13,29-30H,1-2,7-12,14H2. The van der Waals surface area contributed by atoms with Gasteiger partial charge in [0.1, 0.15) is 5.75 Å². The van der Waals surface area contributed by atoms with Gasteiger partial charge in [0.05, 0.1) is 0 Å². The first kappa shape index (κ1) is 22.9. The number of aromatic hydroxyl groups is 2. The third-order valence-corrected chi connectivity index (χ3v) is 5.74. The van der Waals surface area contributed by atoms with Gasteiger partial charge < -0.3 is 29.6 Å². The van der Waals surface area contributed by atoms with E-state index < -0.39 is 24.2 Å². The van der Waals surface area contributed by atoms with Crippen molar-refractivity contribution in [2.75, 3.05) is 44.2 Å². The highest BCUT2D eigenvalue weighted by Crippen LogP contribution is 2.33. The van der Waals surface area contributed by atoms with Crippen molar-refractivity contribution >= 4 is 11.8 Å². The van der Waals surface area contributed by atoms with Crippen LogP contribution >= 0.6 is 0 Å². The van der Waals surface area contributed by atoms with Crippen LogP contribution in [0.1, 0.15) is 18.4 Å². The van der Waals surface area contributed by atoms with Crippen LogP contribution in [0.3, 0.4) is 0 Å². The molecule has 2 N–H and O–H groups in total. The lowest BCUT2D eigenvalue weighted by atomic mass is 10.1. The van der Waals surface area contributed by atoms with E-state index in [9.17, 15) is 28.2 Å². The van der Waals surface area contributed by atoms with E-state index in [4.69, 9.17) is 4.84 Å². The Morgan fingerprint density at radius 2 is 1.58 bits per heavy atom. The fourth-order valence-electron chi connectivity index (χ4n) is 4.03. The van der Waals surface area contributed by atoms with Crippen molar-refractivity contribution in [2.24, 2.45) is 0 Å². The predicted octanol–water partition coefficient (Wildman–Crippen LogP) is 2.76. The molecular formula is C21H25F3N4O5. The number of hydrogen-bond donors (Lipinski definition) is 2. The predicted molar refractivity (Wildman–Crippen MR) is 111 cm³/mol. The van der Waals surface area contributed by atoms with Gasteiger partial charge in [-0.3, -0.25) is 4.90 Å². The number of aromatic nitrogens is 1. The number of piperazine rings is 1. The number of hydrogen-bond acceptors (Lipinski definition) is 7. The molecule has 0 radical (unpaired) electrons. The van der Waals surface area contributed by atoms with Crippen LogP contribution in [0.2, 0.25) is 0 Å². The highest BCUT2D eigenvalue weighted by atomic mass is 19.4. The summed E-state index contributed by atoms with van der Waals surface area (Å²) in [6.07, 6.45) is -3.54. The van der Waals surface area contributed by atoms with Crippen LogP contribution < -0.4 is 14.5 Å². The number of nitrogens with zero attached hydrogens (tertiary/aromatic N) is 4. The molecular weight excluding hydrogens is 445 g/mol. The summed E-state index contributed by atoms with van der Waals surface area (Å²) in [6.45, 7) is 3.18. The molecule has 0 bridgehead atoms. The van der Waals surface area contributed by atoms with Crippen LogP contribution in [0.15, 0.2) is 30.3 Å². The number of anilines is 1. The molecule has 1 aromatic heterocycles. The Kier molecular flexibility index (Phi) is 6.45. The van der Waals surface area contributed by atoms with Crippen molar-refractivity contribution in [2.45, 2.75) is 25.7 Å². The third-order valence-electron chi connectivity index (χ3n) is 5.74. The maximum absolute atomic E-state index is 13.0. The average molecular weight is 470 g/mol. The van der Waals surface area contributed by atoms with Gasteiger partial charge in [-0.25, -0.2) is 4.79 Å². The van der Waals surface area contributed by atoms with Gasteiger partial charge in [-0.15, -0.1) is 17.9 Å². The Balaban J connectivity index is 1.38. The van der Waals surface area contributed by atoms with Gasteiger partial charge in [-0.2, -0.15) is 0 Å². The molecule has 180 valence electrons. The minimum atomic E-state index is -4.80. The largest absolute Gasteiger partial charge is 0.573 e. The van der Waals surface area contributed by atoms with E-state index in [0.29, 0.717) is 29.1 Å². The zero-order valence-electron chi connectivity index (χ0n) is 17.8. The van der Waals surface area contributed by atoms with Gasteiger partial charge in [0.25, 0.3) is 0 Å². The number of halogens is 3. The first-order chi connectivity index (χ1) is 15.7. The lowest BCUT2D eigenvalue weighted by molar-refractivity contribution is -0.275.